The first-order chi connectivity index (χ1) is 7.24. The molecule has 3 heteroatoms. The van der Waals surface area contributed by atoms with Crippen LogP contribution in [0.2, 0.25) is 0 Å². The van der Waals surface area contributed by atoms with Crippen LogP contribution in [-0.4, -0.2) is 37.5 Å². The van der Waals surface area contributed by atoms with Gasteiger partial charge in [0.2, 0.25) is 0 Å². The summed E-state index contributed by atoms with van der Waals surface area (Å²) < 4.78 is 5.36. The van der Waals surface area contributed by atoms with Crippen molar-refractivity contribution in [2.45, 2.75) is 38.6 Å². The zero-order valence-corrected chi connectivity index (χ0v) is 9.67. The Balaban J connectivity index is 1.78. The molecule has 0 aromatic rings. The van der Waals surface area contributed by atoms with Crippen molar-refractivity contribution >= 4 is 0 Å². The third-order valence-corrected chi connectivity index (χ3v) is 4.12. The minimum Gasteiger partial charge on any atom is -0.396 e. The van der Waals surface area contributed by atoms with Crippen LogP contribution in [0.4, 0.5) is 0 Å². The second-order valence-corrected chi connectivity index (χ2v) is 5.39. The Morgan fingerprint density at radius 1 is 1.47 bits per heavy atom. The average molecular weight is 213 g/mol. The topological polar surface area (TPSA) is 41.5 Å². The molecule has 0 radical (unpaired) electrons. The van der Waals surface area contributed by atoms with E-state index in [0.29, 0.717) is 18.6 Å². The van der Waals surface area contributed by atoms with E-state index < -0.39 is 0 Å². The number of ether oxygens (including phenoxy) is 1. The fourth-order valence-corrected chi connectivity index (χ4v) is 2.82. The monoisotopic (exact) mass is 213 g/mol. The van der Waals surface area contributed by atoms with Gasteiger partial charge in [-0.05, 0) is 25.2 Å². The molecule has 2 fully saturated rings. The third-order valence-electron chi connectivity index (χ3n) is 4.12. The maximum atomic E-state index is 9.42. The molecule has 2 aliphatic rings. The van der Waals surface area contributed by atoms with Crippen molar-refractivity contribution in [2.24, 2.45) is 11.3 Å². The summed E-state index contributed by atoms with van der Waals surface area (Å²) in [5.74, 6) is 0.688. The Bertz CT molecular complexity index is 204. The van der Waals surface area contributed by atoms with Crippen molar-refractivity contribution in [1.82, 2.24) is 5.32 Å². The Morgan fingerprint density at radius 3 is 3.00 bits per heavy atom. The van der Waals surface area contributed by atoms with E-state index in [1.165, 1.54) is 19.3 Å². The number of nitrogens with one attached hydrogen (secondary N) is 1. The summed E-state index contributed by atoms with van der Waals surface area (Å²) in [6, 6.07) is 0.503. The molecule has 0 aromatic carbocycles. The minimum absolute atomic E-state index is 0.111. The molecule has 88 valence electrons. The molecule has 3 atom stereocenters. The zero-order chi connectivity index (χ0) is 10.7. The van der Waals surface area contributed by atoms with Crippen molar-refractivity contribution in [2.75, 3.05) is 26.4 Å². The van der Waals surface area contributed by atoms with Gasteiger partial charge in [-0.3, -0.25) is 0 Å². The van der Waals surface area contributed by atoms with Crippen LogP contribution < -0.4 is 5.32 Å². The van der Waals surface area contributed by atoms with Crippen LogP contribution in [0.3, 0.4) is 0 Å². The second-order valence-electron chi connectivity index (χ2n) is 5.39. The SMILES string of the molecule is CC1(CO)CCCC1NCC1CCOC1. The lowest BCUT2D eigenvalue weighted by molar-refractivity contribution is 0.115. The van der Waals surface area contributed by atoms with E-state index in [4.69, 9.17) is 4.74 Å². The number of rotatable bonds is 4. The van der Waals surface area contributed by atoms with Gasteiger partial charge in [-0.25, -0.2) is 0 Å². The fraction of sp³-hybridized carbons (Fsp3) is 1.00. The zero-order valence-electron chi connectivity index (χ0n) is 9.67. The Morgan fingerprint density at radius 2 is 2.33 bits per heavy atom. The van der Waals surface area contributed by atoms with Crippen molar-refractivity contribution < 1.29 is 9.84 Å². The molecular formula is C12H23NO2. The summed E-state index contributed by atoms with van der Waals surface area (Å²) >= 11 is 0. The minimum atomic E-state index is 0.111. The van der Waals surface area contributed by atoms with E-state index in [-0.39, 0.29) is 5.41 Å². The van der Waals surface area contributed by atoms with Gasteiger partial charge < -0.3 is 15.2 Å². The van der Waals surface area contributed by atoms with E-state index >= 15 is 0 Å². The van der Waals surface area contributed by atoms with E-state index in [0.717, 1.165) is 26.2 Å². The lowest BCUT2D eigenvalue weighted by Gasteiger charge is -2.31. The number of aliphatic hydroxyl groups excluding tert-OH is 1. The summed E-state index contributed by atoms with van der Waals surface area (Å²) in [4.78, 5) is 0. The summed E-state index contributed by atoms with van der Waals surface area (Å²) in [6.07, 6.45) is 4.80. The maximum absolute atomic E-state index is 9.42. The summed E-state index contributed by atoms with van der Waals surface area (Å²) in [5.41, 5.74) is 0.111. The van der Waals surface area contributed by atoms with Gasteiger partial charge in [0.15, 0.2) is 0 Å². The van der Waals surface area contributed by atoms with Gasteiger partial charge in [0, 0.05) is 31.2 Å². The van der Waals surface area contributed by atoms with Crippen molar-refractivity contribution in [1.29, 1.82) is 0 Å². The molecule has 0 amide bonds. The Labute approximate surface area is 92.2 Å². The predicted octanol–water partition coefficient (Wildman–Crippen LogP) is 1.16. The molecule has 2 N–H and O–H groups in total. The van der Waals surface area contributed by atoms with Crippen molar-refractivity contribution in [3.8, 4) is 0 Å². The first kappa shape index (κ1) is 11.4. The van der Waals surface area contributed by atoms with E-state index in [2.05, 4.69) is 12.2 Å². The lowest BCUT2D eigenvalue weighted by Crippen LogP contribution is -2.43. The van der Waals surface area contributed by atoms with Gasteiger partial charge in [0.25, 0.3) is 0 Å². The van der Waals surface area contributed by atoms with Gasteiger partial charge in [-0.1, -0.05) is 13.3 Å². The van der Waals surface area contributed by atoms with Crippen molar-refractivity contribution in [3.05, 3.63) is 0 Å². The number of hydrogen-bond donors (Lipinski definition) is 2. The highest BCUT2D eigenvalue weighted by atomic mass is 16.5. The van der Waals surface area contributed by atoms with Crippen LogP contribution in [0.25, 0.3) is 0 Å². The van der Waals surface area contributed by atoms with Gasteiger partial charge >= 0.3 is 0 Å². The highest BCUT2D eigenvalue weighted by molar-refractivity contribution is 4.93. The largest absolute Gasteiger partial charge is 0.396 e. The summed E-state index contributed by atoms with van der Waals surface area (Å²) in [5, 5.41) is 13.0. The van der Waals surface area contributed by atoms with E-state index in [1.807, 2.05) is 0 Å². The molecular weight excluding hydrogens is 190 g/mol. The molecule has 2 rings (SSSR count). The molecule has 0 aromatic heterocycles. The lowest BCUT2D eigenvalue weighted by atomic mass is 9.85. The average Bonchev–Trinajstić information content (AvgIpc) is 2.85. The summed E-state index contributed by atoms with van der Waals surface area (Å²) in [7, 11) is 0. The normalized spacial score (nSPS) is 41.2. The van der Waals surface area contributed by atoms with Gasteiger partial charge in [-0.15, -0.1) is 0 Å². The molecule has 1 heterocycles. The van der Waals surface area contributed by atoms with Crippen LogP contribution in [0, 0.1) is 11.3 Å². The number of hydrogen-bond acceptors (Lipinski definition) is 3. The molecule has 1 aliphatic heterocycles. The smallest absolute Gasteiger partial charge is 0.0507 e. The van der Waals surface area contributed by atoms with Crippen molar-refractivity contribution in [3.63, 3.8) is 0 Å². The van der Waals surface area contributed by atoms with E-state index in [9.17, 15) is 5.11 Å². The molecule has 3 unspecified atom stereocenters. The molecule has 0 bridgehead atoms. The first-order valence-corrected chi connectivity index (χ1v) is 6.16. The summed E-state index contributed by atoms with van der Waals surface area (Å²) in [6.45, 7) is 5.40. The predicted molar refractivity (Wildman–Crippen MR) is 59.8 cm³/mol. The van der Waals surface area contributed by atoms with Crippen LogP contribution in [0.1, 0.15) is 32.6 Å². The molecule has 1 saturated heterocycles. The van der Waals surface area contributed by atoms with Gasteiger partial charge in [0.05, 0.1) is 6.61 Å². The maximum Gasteiger partial charge on any atom is 0.0507 e. The molecule has 1 aliphatic carbocycles. The fourth-order valence-electron chi connectivity index (χ4n) is 2.82. The van der Waals surface area contributed by atoms with Gasteiger partial charge in [-0.2, -0.15) is 0 Å². The molecule has 0 spiro atoms. The quantitative estimate of drug-likeness (QED) is 0.736. The van der Waals surface area contributed by atoms with Crippen LogP contribution in [0.5, 0.6) is 0 Å². The molecule has 3 nitrogen and oxygen atoms in total. The van der Waals surface area contributed by atoms with Crippen LogP contribution in [0.15, 0.2) is 0 Å². The van der Waals surface area contributed by atoms with Crippen LogP contribution >= 0.6 is 0 Å². The second kappa shape index (κ2) is 4.81. The van der Waals surface area contributed by atoms with Gasteiger partial charge in [0.1, 0.15) is 0 Å². The van der Waals surface area contributed by atoms with Crippen LogP contribution in [-0.2, 0) is 4.74 Å². The standard InChI is InChI=1S/C12H23NO2/c1-12(9-14)5-2-3-11(12)13-7-10-4-6-15-8-10/h10-11,13-14H,2-9H2,1H3. The number of aliphatic hydroxyl groups is 1. The third kappa shape index (κ3) is 2.52. The van der Waals surface area contributed by atoms with E-state index in [1.54, 1.807) is 0 Å². The Hall–Kier alpha value is -0.120. The highest BCUT2D eigenvalue weighted by Gasteiger charge is 2.38. The molecule has 1 saturated carbocycles. The highest BCUT2D eigenvalue weighted by Crippen LogP contribution is 2.37. The molecule has 15 heavy (non-hydrogen) atoms. The first-order valence-electron chi connectivity index (χ1n) is 6.16. The Kier molecular flexibility index (Phi) is 3.65.